The van der Waals surface area contributed by atoms with Gasteiger partial charge in [0.15, 0.2) is 0 Å². The van der Waals surface area contributed by atoms with E-state index < -0.39 is 0 Å². The molecule has 0 aromatic carbocycles. The summed E-state index contributed by atoms with van der Waals surface area (Å²) in [6.07, 6.45) is 2.65. The fourth-order valence-corrected chi connectivity index (χ4v) is 3.95. The van der Waals surface area contributed by atoms with E-state index in [0.717, 1.165) is 11.8 Å². The zero-order valence-corrected chi connectivity index (χ0v) is 10.8. The second kappa shape index (κ2) is 3.35. The van der Waals surface area contributed by atoms with Gasteiger partial charge in [-0.25, -0.2) is 0 Å². The van der Waals surface area contributed by atoms with Gasteiger partial charge in [0, 0.05) is 11.5 Å². The molecule has 0 aliphatic heterocycles. The lowest BCUT2D eigenvalue weighted by Crippen LogP contribution is -2.48. The van der Waals surface area contributed by atoms with E-state index in [0.29, 0.717) is 17.4 Å². The lowest BCUT2D eigenvalue weighted by Gasteiger charge is -2.44. The zero-order valence-electron chi connectivity index (χ0n) is 10.8. The predicted molar refractivity (Wildman–Crippen MR) is 65.5 cm³/mol. The molecule has 2 N–H and O–H groups in total. The molecule has 1 fully saturated rings. The van der Waals surface area contributed by atoms with Crippen molar-refractivity contribution in [1.82, 2.24) is 0 Å². The lowest BCUT2D eigenvalue weighted by atomic mass is 9.63. The van der Waals surface area contributed by atoms with Crippen molar-refractivity contribution >= 4 is 0 Å². The van der Waals surface area contributed by atoms with E-state index in [1.54, 1.807) is 11.1 Å². The van der Waals surface area contributed by atoms with Gasteiger partial charge < -0.3 is 5.73 Å². The maximum Gasteiger partial charge on any atom is 0.0199 e. The van der Waals surface area contributed by atoms with Crippen molar-refractivity contribution in [1.29, 1.82) is 0 Å². The number of rotatable bonds is 1. The van der Waals surface area contributed by atoms with Gasteiger partial charge in [-0.05, 0) is 44.4 Å². The first-order valence-electron chi connectivity index (χ1n) is 6.33. The minimum absolute atomic E-state index is 0.306. The Morgan fingerprint density at radius 3 is 2.47 bits per heavy atom. The molecule has 0 unspecified atom stereocenters. The Bertz CT molecular complexity index is 302. The Hall–Kier alpha value is -0.300. The highest BCUT2D eigenvalue weighted by atomic mass is 14.8. The summed E-state index contributed by atoms with van der Waals surface area (Å²) >= 11 is 0. The van der Waals surface area contributed by atoms with Gasteiger partial charge in [0.25, 0.3) is 0 Å². The van der Waals surface area contributed by atoms with Crippen LogP contribution in [0.25, 0.3) is 0 Å². The molecule has 2 bridgehead atoms. The highest BCUT2D eigenvalue weighted by Gasteiger charge is 2.52. The van der Waals surface area contributed by atoms with Crippen LogP contribution in [0.15, 0.2) is 11.1 Å². The third-order valence-corrected chi connectivity index (χ3v) is 5.39. The molecule has 0 aromatic rings. The van der Waals surface area contributed by atoms with E-state index in [4.69, 9.17) is 5.73 Å². The second-order valence-corrected chi connectivity index (χ2v) is 6.22. The van der Waals surface area contributed by atoms with Crippen LogP contribution < -0.4 is 5.73 Å². The van der Waals surface area contributed by atoms with Crippen LogP contribution in [0.3, 0.4) is 0 Å². The normalized spacial score (nSPS) is 45.4. The average Bonchev–Trinajstić information content (AvgIpc) is 2.31. The molecule has 0 heterocycles. The van der Waals surface area contributed by atoms with Gasteiger partial charge in [0.05, 0.1) is 0 Å². The summed E-state index contributed by atoms with van der Waals surface area (Å²) in [5, 5.41) is 0. The largest absolute Gasteiger partial charge is 0.326 e. The third-order valence-electron chi connectivity index (χ3n) is 5.39. The number of nitrogens with two attached hydrogens (primary N) is 1. The minimum atomic E-state index is 0.306. The van der Waals surface area contributed by atoms with Crippen LogP contribution in [0.4, 0.5) is 0 Å². The molecule has 0 radical (unpaired) electrons. The van der Waals surface area contributed by atoms with Gasteiger partial charge in [0.1, 0.15) is 0 Å². The summed E-state index contributed by atoms with van der Waals surface area (Å²) in [7, 11) is 0. The van der Waals surface area contributed by atoms with Crippen molar-refractivity contribution in [2.24, 2.45) is 28.9 Å². The Kier molecular flexibility index (Phi) is 2.50. The number of fused-ring (bicyclic) bond motifs is 2. The van der Waals surface area contributed by atoms with Crippen molar-refractivity contribution in [3.8, 4) is 0 Å². The van der Waals surface area contributed by atoms with Crippen LogP contribution in [-0.2, 0) is 0 Å². The Balaban J connectivity index is 2.40. The van der Waals surface area contributed by atoms with Crippen LogP contribution in [0.2, 0.25) is 0 Å². The molecule has 0 saturated heterocycles. The second-order valence-electron chi connectivity index (χ2n) is 6.22. The van der Waals surface area contributed by atoms with E-state index in [1.807, 2.05) is 0 Å². The average molecular weight is 207 g/mol. The summed E-state index contributed by atoms with van der Waals surface area (Å²) in [5.74, 6) is 2.24. The van der Waals surface area contributed by atoms with Crippen molar-refractivity contribution in [2.75, 3.05) is 0 Å². The molecule has 4 atom stereocenters. The van der Waals surface area contributed by atoms with E-state index in [2.05, 4.69) is 34.6 Å². The van der Waals surface area contributed by atoms with E-state index in [9.17, 15) is 0 Å². The van der Waals surface area contributed by atoms with Gasteiger partial charge in [-0.15, -0.1) is 0 Å². The highest BCUT2D eigenvalue weighted by molar-refractivity contribution is 5.34. The number of hydrogen-bond acceptors (Lipinski definition) is 1. The number of hydrogen-bond donors (Lipinski definition) is 1. The van der Waals surface area contributed by atoms with Crippen molar-refractivity contribution in [3.63, 3.8) is 0 Å². The zero-order chi connectivity index (χ0) is 11.4. The summed E-state index contributed by atoms with van der Waals surface area (Å²) in [5.41, 5.74) is 9.98. The molecular formula is C14H25N. The molecule has 2 rings (SSSR count). The first-order chi connectivity index (χ1) is 6.89. The van der Waals surface area contributed by atoms with Gasteiger partial charge in [-0.2, -0.15) is 0 Å². The lowest BCUT2D eigenvalue weighted by molar-refractivity contribution is 0.118. The molecule has 1 heteroatoms. The Labute approximate surface area is 94.1 Å². The molecule has 0 amide bonds. The molecule has 15 heavy (non-hydrogen) atoms. The highest BCUT2D eigenvalue weighted by Crippen LogP contribution is 2.56. The van der Waals surface area contributed by atoms with Gasteiger partial charge in [-0.1, -0.05) is 31.9 Å². The Morgan fingerprint density at radius 2 is 1.93 bits per heavy atom. The van der Waals surface area contributed by atoms with Gasteiger partial charge >= 0.3 is 0 Å². The molecule has 1 nitrogen and oxygen atoms in total. The molecule has 2 aliphatic rings. The van der Waals surface area contributed by atoms with E-state index >= 15 is 0 Å². The first-order valence-corrected chi connectivity index (χ1v) is 6.33. The summed E-state index contributed by atoms with van der Waals surface area (Å²) in [4.78, 5) is 0. The SMILES string of the molecule is CC1=C(C)[C@]2(C)CC[C@@H](C(C)C)[C@H]1[C@H]2N. The van der Waals surface area contributed by atoms with Crippen LogP contribution >= 0.6 is 0 Å². The summed E-state index contributed by atoms with van der Waals surface area (Å²) in [6, 6.07) is 0.374. The van der Waals surface area contributed by atoms with E-state index in [1.165, 1.54) is 12.8 Å². The smallest absolute Gasteiger partial charge is 0.0199 e. The monoisotopic (exact) mass is 207 g/mol. The van der Waals surface area contributed by atoms with Gasteiger partial charge in [0.2, 0.25) is 0 Å². The van der Waals surface area contributed by atoms with Crippen molar-refractivity contribution in [3.05, 3.63) is 11.1 Å². The van der Waals surface area contributed by atoms with E-state index in [-0.39, 0.29) is 0 Å². The molecule has 86 valence electrons. The van der Waals surface area contributed by atoms with Crippen LogP contribution in [-0.4, -0.2) is 6.04 Å². The topological polar surface area (TPSA) is 26.0 Å². The summed E-state index contributed by atoms with van der Waals surface area (Å²) < 4.78 is 0. The maximum absolute atomic E-state index is 6.49. The molecular weight excluding hydrogens is 182 g/mol. The fourth-order valence-electron chi connectivity index (χ4n) is 3.95. The molecule has 0 spiro atoms. The van der Waals surface area contributed by atoms with Crippen molar-refractivity contribution < 1.29 is 0 Å². The fraction of sp³-hybridized carbons (Fsp3) is 0.857. The predicted octanol–water partition coefficient (Wildman–Crippen LogP) is 3.35. The molecule has 2 aliphatic carbocycles. The summed E-state index contributed by atoms with van der Waals surface area (Å²) in [6.45, 7) is 11.7. The van der Waals surface area contributed by atoms with Crippen LogP contribution in [0.5, 0.6) is 0 Å². The van der Waals surface area contributed by atoms with Gasteiger partial charge in [-0.3, -0.25) is 0 Å². The van der Waals surface area contributed by atoms with Crippen LogP contribution in [0.1, 0.15) is 47.5 Å². The molecule has 1 saturated carbocycles. The Morgan fingerprint density at radius 1 is 1.33 bits per heavy atom. The standard InChI is InChI=1S/C14H25N/c1-8(2)11-6-7-14(5)10(4)9(3)12(11)13(14)15/h8,11-13H,6-7,15H2,1-5H3/t11-,12-,13+,14-/m0/s1. The first kappa shape index (κ1) is 11.2. The maximum atomic E-state index is 6.49. The molecule has 0 aromatic heterocycles. The van der Waals surface area contributed by atoms with Crippen LogP contribution in [0, 0.1) is 23.2 Å². The van der Waals surface area contributed by atoms with Crippen molar-refractivity contribution in [2.45, 2.75) is 53.5 Å². The quantitative estimate of drug-likeness (QED) is 0.656. The third kappa shape index (κ3) is 1.32. The minimum Gasteiger partial charge on any atom is -0.326 e.